The second kappa shape index (κ2) is 7.32. The summed E-state index contributed by atoms with van der Waals surface area (Å²) in [5.41, 5.74) is 1.84. The van der Waals surface area contributed by atoms with Gasteiger partial charge in [0, 0.05) is 24.7 Å². The van der Waals surface area contributed by atoms with Crippen molar-refractivity contribution in [3.05, 3.63) is 81.5 Å². The summed E-state index contributed by atoms with van der Waals surface area (Å²) in [6.07, 6.45) is 5.68. The quantitative estimate of drug-likeness (QED) is 0.523. The molecule has 28 heavy (non-hydrogen) atoms. The van der Waals surface area contributed by atoms with Gasteiger partial charge in [-0.15, -0.1) is 0 Å². The summed E-state index contributed by atoms with van der Waals surface area (Å²) >= 11 is 5.97. The number of hydrogen-bond donors (Lipinski definition) is 0. The van der Waals surface area contributed by atoms with Crippen LogP contribution in [0.2, 0.25) is 5.02 Å². The Morgan fingerprint density at radius 1 is 1.14 bits per heavy atom. The van der Waals surface area contributed by atoms with Crippen LogP contribution in [0, 0.1) is 12.7 Å². The molecule has 7 nitrogen and oxygen atoms in total. The second-order valence-electron chi connectivity index (χ2n) is 6.05. The Morgan fingerprint density at radius 2 is 1.96 bits per heavy atom. The van der Waals surface area contributed by atoms with Gasteiger partial charge in [0.05, 0.1) is 29.0 Å². The molecular weight excluding hydrogens is 385 g/mol. The van der Waals surface area contributed by atoms with Gasteiger partial charge in [0.25, 0.3) is 5.56 Å². The van der Waals surface area contributed by atoms with Crippen molar-refractivity contribution in [1.29, 1.82) is 0 Å². The predicted octanol–water partition coefficient (Wildman–Crippen LogP) is 3.50. The molecule has 0 unspecified atom stereocenters. The smallest absolute Gasteiger partial charge is 0.267 e. The van der Waals surface area contributed by atoms with Gasteiger partial charge >= 0.3 is 0 Å². The average Bonchev–Trinajstić information content (AvgIpc) is 3.05. The molecule has 0 atom stereocenters. The standard InChI is InChI=1S/C19H13ClFN5O2/c1-11-18(28-19(24-11)13-5-14(20)8-23-7-13)16-2-3-17(27)26(25-16)10-12-4-15(21)9-22-6-12/h2-9H,10H2,1H3. The summed E-state index contributed by atoms with van der Waals surface area (Å²) < 4.78 is 20.4. The average molecular weight is 398 g/mol. The molecule has 0 radical (unpaired) electrons. The van der Waals surface area contributed by atoms with E-state index in [1.165, 1.54) is 29.2 Å². The molecule has 4 heterocycles. The van der Waals surface area contributed by atoms with E-state index in [0.717, 1.165) is 6.20 Å². The Bertz CT molecular complexity index is 1220. The van der Waals surface area contributed by atoms with Crippen LogP contribution in [-0.2, 0) is 6.54 Å². The number of halogens is 2. The Kier molecular flexibility index (Phi) is 4.70. The maximum absolute atomic E-state index is 13.4. The van der Waals surface area contributed by atoms with Gasteiger partial charge in [-0.05, 0) is 30.7 Å². The van der Waals surface area contributed by atoms with Crippen LogP contribution < -0.4 is 5.56 Å². The van der Waals surface area contributed by atoms with Crippen molar-refractivity contribution in [2.24, 2.45) is 0 Å². The molecule has 0 bridgehead atoms. The summed E-state index contributed by atoms with van der Waals surface area (Å²) in [5, 5.41) is 4.79. The molecule has 0 aliphatic carbocycles. The minimum atomic E-state index is -0.479. The summed E-state index contributed by atoms with van der Waals surface area (Å²) in [6, 6.07) is 5.92. The summed E-state index contributed by atoms with van der Waals surface area (Å²) in [4.78, 5) is 24.4. The minimum absolute atomic E-state index is 0.0791. The lowest BCUT2D eigenvalue weighted by Gasteiger charge is -2.06. The van der Waals surface area contributed by atoms with Crippen LogP contribution in [-0.4, -0.2) is 24.7 Å². The number of oxazole rings is 1. The molecule has 0 amide bonds. The van der Waals surface area contributed by atoms with Crippen LogP contribution in [0.25, 0.3) is 22.9 Å². The third kappa shape index (κ3) is 3.67. The highest BCUT2D eigenvalue weighted by Gasteiger charge is 2.16. The Balaban J connectivity index is 1.71. The number of nitrogens with zero attached hydrogens (tertiary/aromatic N) is 5. The lowest BCUT2D eigenvalue weighted by molar-refractivity contribution is 0.572. The van der Waals surface area contributed by atoms with Gasteiger partial charge in [-0.3, -0.25) is 14.8 Å². The molecule has 0 N–H and O–H groups in total. The lowest BCUT2D eigenvalue weighted by Crippen LogP contribution is -2.23. The third-order valence-corrected chi connectivity index (χ3v) is 4.15. The topological polar surface area (TPSA) is 86.7 Å². The number of rotatable bonds is 4. The maximum Gasteiger partial charge on any atom is 0.267 e. The van der Waals surface area contributed by atoms with E-state index < -0.39 is 5.82 Å². The summed E-state index contributed by atoms with van der Waals surface area (Å²) in [7, 11) is 0. The first kappa shape index (κ1) is 18.0. The monoisotopic (exact) mass is 397 g/mol. The molecule has 4 aromatic rings. The van der Waals surface area contributed by atoms with Crippen molar-refractivity contribution in [1.82, 2.24) is 24.7 Å². The van der Waals surface area contributed by atoms with Crippen LogP contribution in [0.4, 0.5) is 4.39 Å². The molecule has 9 heteroatoms. The lowest BCUT2D eigenvalue weighted by atomic mass is 10.2. The predicted molar refractivity (Wildman–Crippen MR) is 100 cm³/mol. The van der Waals surface area contributed by atoms with Gasteiger partial charge < -0.3 is 4.42 Å². The molecule has 0 saturated carbocycles. The van der Waals surface area contributed by atoms with E-state index in [1.807, 2.05) is 0 Å². The number of hydrogen-bond acceptors (Lipinski definition) is 6. The third-order valence-electron chi connectivity index (χ3n) is 3.94. The van der Waals surface area contributed by atoms with Gasteiger partial charge in [-0.2, -0.15) is 5.10 Å². The Morgan fingerprint density at radius 3 is 2.75 bits per heavy atom. The van der Waals surface area contributed by atoms with Gasteiger partial charge in [-0.25, -0.2) is 14.1 Å². The van der Waals surface area contributed by atoms with Crippen LogP contribution in [0.5, 0.6) is 0 Å². The van der Waals surface area contributed by atoms with Crippen molar-refractivity contribution >= 4 is 11.6 Å². The summed E-state index contributed by atoms with van der Waals surface area (Å²) in [5.74, 6) is 0.282. The van der Waals surface area contributed by atoms with E-state index in [1.54, 1.807) is 25.3 Å². The Labute approximate surface area is 163 Å². The highest BCUT2D eigenvalue weighted by atomic mass is 35.5. The molecule has 4 rings (SSSR count). The molecule has 0 spiro atoms. The highest BCUT2D eigenvalue weighted by molar-refractivity contribution is 6.30. The first-order valence-corrected chi connectivity index (χ1v) is 8.64. The van der Waals surface area contributed by atoms with Crippen molar-refractivity contribution in [2.45, 2.75) is 13.5 Å². The minimum Gasteiger partial charge on any atom is -0.434 e. The molecule has 140 valence electrons. The van der Waals surface area contributed by atoms with Crippen LogP contribution in [0.1, 0.15) is 11.3 Å². The Hall–Kier alpha value is -3.39. The van der Waals surface area contributed by atoms with E-state index in [4.69, 9.17) is 16.0 Å². The number of pyridine rings is 2. The van der Waals surface area contributed by atoms with Crippen molar-refractivity contribution in [2.75, 3.05) is 0 Å². The zero-order valence-electron chi connectivity index (χ0n) is 14.6. The van der Waals surface area contributed by atoms with Crippen LogP contribution in [0.3, 0.4) is 0 Å². The zero-order chi connectivity index (χ0) is 19.7. The van der Waals surface area contributed by atoms with Crippen LogP contribution >= 0.6 is 11.6 Å². The molecule has 0 aliphatic rings. The van der Waals surface area contributed by atoms with Crippen LogP contribution in [0.15, 0.2) is 58.3 Å². The molecule has 0 fully saturated rings. The first-order chi connectivity index (χ1) is 13.5. The van der Waals surface area contributed by atoms with E-state index in [2.05, 4.69) is 20.1 Å². The largest absolute Gasteiger partial charge is 0.434 e. The fraction of sp³-hybridized carbons (Fsp3) is 0.105. The van der Waals surface area contributed by atoms with Gasteiger partial charge in [0.15, 0.2) is 5.76 Å². The fourth-order valence-electron chi connectivity index (χ4n) is 2.68. The van der Waals surface area contributed by atoms with Crippen molar-refractivity contribution in [3.63, 3.8) is 0 Å². The van der Waals surface area contributed by atoms with E-state index in [-0.39, 0.29) is 12.1 Å². The maximum atomic E-state index is 13.4. The van der Waals surface area contributed by atoms with E-state index >= 15 is 0 Å². The van der Waals surface area contributed by atoms with E-state index in [0.29, 0.717) is 39.2 Å². The molecule has 0 saturated heterocycles. The molecular formula is C19H13ClFN5O2. The first-order valence-electron chi connectivity index (χ1n) is 8.26. The van der Waals surface area contributed by atoms with Crippen molar-refractivity contribution in [3.8, 4) is 22.9 Å². The normalized spacial score (nSPS) is 11.0. The number of aryl methyl sites for hydroxylation is 1. The van der Waals surface area contributed by atoms with Gasteiger partial charge in [-0.1, -0.05) is 11.6 Å². The highest BCUT2D eigenvalue weighted by Crippen LogP contribution is 2.28. The molecule has 4 aromatic heterocycles. The number of aromatic nitrogens is 5. The van der Waals surface area contributed by atoms with E-state index in [9.17, 15) is 9.18 Å². The zero-order valence-corrected chi connectivity index (χ0v) is 15.4. The second-order valence-corrected chi connectivity index (χ2v) is 6.49. The molecule has 0 aromatic carbocycles. The van der Waals surface area contributed by atoms with Gasteiger partial charge in [0.2, 0.25) is 5.89 Å². The molecule has 0 aliphatic heterocycles. The SMILES string of the molecule is Cc1nc(-c2cncc(Cl)c2)oc1-c1ccc(=O)n(Cc2cncc(F)c2)n1. The fourth-order valence-corrected chi connectivity index (χ4v) is 2.86. The van der Waals surface area contributed by atoms with Crippen molar-refractivity contribution < 1.29 is 8.81 Å². The summed E-state index contributed by atoms with van der Waals surface area (Å²) in [6.45, 7) is 1.85. The van der Waals surface area contributed by atoms with Gasteiger partial charge in [0.1, 0.15) is 11.5 Å².